The Morgan fingerprint density at radius 3 is 2.94 bits per heavy atom. The minimum absolute atomic E-state index is 0.0842. The third-order valence-corrected chi connectivity index (χ3v) is 2.75. The van der Waals surface area contributed by atoms with E-state index in [1.165, 1.54) is 0 Å². The van der Waals surface area contributed by atoms with Gasteiger partial charge in [0.05, 0.1) is 13.2 Å². The zero-order valence-corrected chi connectivity index (χ0v) is 8.64. The second kappa shape index (κ2) is 4.11. The fourth-order valence-electron chi connectivity index (χ4n) is 1.84. The topological polar surface area (TPSA) is 92.8 Å². The number of aliphatic carboxylic acids is 1. The summed E-state index contributed by atoms with van der Waals surface area (Å²) in [6, 6.07) is 2.34. The minimum atomic E-state index is -1.07. The maximum Gasteiger partial charge on any atom is 0.320 e. The van der Waals surface area contributed by atoms with E-state index in [9.17, 15) is 9.90 Å². The fraction of sp³-hybridized carbons (Fsp3) is 0.364. The highest BCUT2D eigenvalue weighted by atomic mass is 16.5. The quantitative estimate of drug-likeness (QED) is 0.688. The van der Waals surface area contributed by atoms with E-state index in [-0.39, 0.29) is 12.2 Å². The summed E-state index contributed by atoms with van der Waals surface area (Å²) in [4.78, 5) is 10.7. The van der Waals surface area contributed by atoms with Crippen LogP contribution in [-0.2, 0) is 29.2 Å². The summed E-state index contributed by atoms with van der Waals surface area (Å²) in [5.74, 6) is -0.989. The lowest BCUT2D eigenvalue weighted by Crippen LogP contribution is -2.32. The Labute approximate surface area is 92.5 Å². The number of fused-ring (bicyclic) bond motifs is 1. The van der Waals surface area contributed by atoms with E-state index in [1.807, 2.05) is 0 Å². The van der Waals surface area contributed by atoms with Gasteiger partial charge in [-0.15, -0.1) is 0 Å². The molecule has 0 radical (unpaired) electrons. The van der Waals surface area contributed by atoms with Crippen molar-refractivity contribution in [1.29, 1.82) is 0 Å². The largest absolute Gasteiger partial charge is 0.508 e. The highest BCUT2D eigenvalue weighted by Gasteiger charge is 2.22. The molecule has 1 aliphatic rings. The normalized spacial score (nSPS) is 15.8. The summed E-state index contributed by atoms with van der Waals surface area (Å²) < 4.78 is 5.25. The zero-order chi connectivity index (χ0) is 11.7. The van der Waals surface area contributed by atoms with Crippen LogP contribution in [0.25, 0.3) is 0 Å². The van der Waals surface area contributed by atoms with Crippen molar-refractivity contribution in [2.45, 2.75) is 25.7 Å². The summed E-state index contributed by atoms with van der Waals surface area (Å²) in [6.45, 7) is 0.913. The fourth-order valence-corrected chi connectivity index (χ4v) is 1.84. The van der Waals surface area contributed by atoms with Crippen LogP contribution in [-0.4, -0.2) is 22.2 Å². The minimum Gasteiger partial charge on any atom is -0.508 e. The van der Waals surface area contributed by atoms with Crippen LogP contribution in [0.2, 0.25) is 0 Å². The number of phenolic OH excluding ortho intramolecular Hbond substituents is 1. The van der Waals surface area contributed by atoms with E-state index in [4.69, 9.17) is 15.6 Å². The number of aromatic hydroxyl groups is 1. The molecule has 0 saturated carbocycles. The molecule has 0 aliphatic carbocycles. The second-order valence-corrected chi connectivity index (χ2v) is 3.84. The van der Waals surface area contributed by atoms with Crippen LogP contribution in [0.15, 0.2) is 12.1 Å². The van der Waals surface area contributed by atoms with Crippen LogP contribution < -0.4 is 5.73 Å². The van der Waals surface area contributed by atoms with Gasteiger partial charge in [-0.2, -0.15) is 0 Å². The summed E-state index contributed by atoms with van der Waals surface area (Å²) in [7, 11) is 0. The van der Waals surface area contributed by atoms with Crippen LogP contribution in [0.5, 0.6) is 5.75 Å². The molecule has 1 unspecified atom stereocenters. The molecular formula is C11H13NO4. The third kappa shape index (κ3) is 1.87. The number of benzene rings is 1. The van der Waals surface area contributed by atoms with Crippen molar-refractivity contribution in [2.75, 3.05) is 0 Å². The molecule has 16 heavy (non-hydrogen) atoms. The number of carboxylic acid groups (broad SMARTS) is 1. The molecule has 86 valence electrons. The number of ether oxygens (including phenoxy) is 1. The van der Waals surface area contributed by atoms with Crippen LogP contribution in [0.3, 0.4) is 0 Å². The summed E-state index contributed by atoms with van der Waals surface area (Å²) in [5, 5.41) is 18.4. The van der Waals surface area contributed by atoms with E-state index in [0.29, 0.717) is 18.8 Å². The molecule has 1 aromatic carbocycles. The number of phenols is 1. The van der Waals surface area contributed by atoms with Crippen molar-refractivity contribution in [3.63, 3.8) is 0 Å². The Balaban J connectivity index is 2.33. The molecule has 1 aliphatic heterocycles. The maximum absolute atomic E-state index is 10.7. The van der Waals surface area contributed by atoms with Gasteiger partial charge in [0, 0.05) is 12.0 Å². The molecular weight excluding hydrogens is 210 g/mol. The number of carboxylic acids is 1. The van der Waals surface area contributed by atoms with E-state index in [2.05, 4.69) is 0 Å². The van der Waals surface area contributed by atoms with Crippen molar-refractivity contribution in [3.05, 3.63) is 28.8 Å². The first-order valence-electron chi connectivity index (χ1n) is 4.98. The van der Waals surface area contributed by atoms with Crippen molar-refractivity contribution < 1.29 is 19.7 Å². The second-order valence-electron chi connectivity index (χ2n) is 3.84. The average molecular weight is 223 g/mol. The Hall–Kier alpha value is -1.59. The Bertz CT molecular complexity index is 430. The van der Waals surface area contributed by atoms with Crippen LogP contribution in [0.1, 0.15) is 16.7 Å². The van der Waals surface area contributed by atoms with Gasteiger partial charge in [-0.25, -0.2) is 0 Å². The molecule has 0 amide bonds. The molecule has 0 bridgehead atoms. The Kier molecular flexibility index (Phi) is 2.80. The van der Waals surface area contributed by atoms with Gasteiger partial charge >= 0.3 is 5.97 Å². The van der Waals surface area contributed by atoms with E-state index in [1.54, 1.807) is 12.1 Å². The number of nitrogens with two attached hydrogens (primary N) is 1. The molecule has 5 nitrogen and oxygen atoms in total. The Morgan fingerprint density at radius 2 is 2.25 bits per heavy atom. The molecule has 0 fully saturated rings. The lowest BCUT2D eigenvalue weighted by atomic mass is 9.97. The molecule has 1 atom stereocenters. The van der Waals surface area contributed by atoms with Crippen molar-refractivity contribution in [1.82, 2.24) is 0 Å². The van der Waals surface area contributed by atoms with Crippen molar-refractivity contribution >= 4 is 5.97 Å². The van der Waals surface area contributed by atoms with Crippen LogP contribution >= 0.6 is 0 Å². The highest BCUT2D eigenvalue weighted by molar-refractivity contribution is 5.74. The first kappa shape index (κ1) is 10.9. The third-order valence-electron chi connectivity index (χ3n) is 2.75. The smallest absolute Gasteiger partial charge is 0.320 e. The highest BCUT2D eigenvalue weighted by Crippen LogP contribution is 2.30. The van der Waals surface area contributed by atoms with E-state index >= 15 is 0 Å². The molecule has 1 aromatic rings. The zero-order valence-electron chi connectivity index (χ0n) is 8.64. The molecule has 5 heteroatoms. The van der Waals surface area contributed by atoms with Crippen LogP contribution in [0.4, 0.5) is 0 Å². The average Bonchev–Trinajstić information content (AvgIpc) is 2.70. The first-order chi connectivity index (χ1) is 7.59. The summed E-state index contributed by atoms with van der Waals surface area (Å²) in [6.07, 6.45) is 0.119. The monoisotopic (exact) mass is 223 g/mol. The predicted molar refractivity (Wildman–Crippen MR) is 55.9 cm³/mol. The van der Waals surface area contributed by atoms with Crippen molar-refractivity contribution in [2.24, 2.45) is 5.73 Å². The van der Waals surface area contributed by atoms with Gasteiger partial charge in [0.15, 0.2) is 0 Å². The Morgan fingerprint density at radius 1 is 1.50 bits per heavy atom. The van der Waals surface area contributed by atoms with Gasteiger partial charge in [-0.05, 0) is 17.2 Å². The van der Waals surface area contributed by atoms with Gasteiger partial charge in [-0.3, -0.25) is 4.79 Å². The number of rotatable bonds is 3. The molecule has 0 saturated heterocycles. The number of carbonyl (C=O) groups is 1. The van der Waals surface area contributed by atoms with E-state index in [0.717, 1.165) is 11.1 Å². The lowest BCUT2D eigenvalue weighted by molar-refractivity contribution is -0.138. The first-order valence-corrected chi connectivity index (χ1v) is 4.98. The molecule has 4 N–H and O–H groups in total. The SMILES string of the molecule is NC(Cc1c(O)ccc2c1COC2)C(=O)O. The molecule has 0 aromatic heterocycles. The molecule has 0 spiro atoms. The molecule has 2 rings (SSSR count). The predicted octanol–water partition coefficient (Wildman–Crippen LogP) is 0.377. The lowest BCUT2D eigenvalue weighted by Gasteiger charge is -2.12. The van der Waals surface area contributed by atoms with E-state index < -0.39 is 12.0 Å². The number of hydrogen-bond donors (Lipinski definition) is 3. The summed E-state index contributed by atoms with van der Waals surface area (Å²) >= 11 is 0. The van der Waals surface area contributed by atoms with Gasteiger partial charge in [0.2, 0.25) is 0 Å². The van der Waals surface area contributed by atoms with Gasteiger partial charge in [-0.1, -0.05) is 6.07 Å². The van der Waals surface area contributed by atoms with Gasteiger partial charge < -0.3 is 20.7 Å². The summed E-state index contributed by atoms with van der Waals surface area (Å²) in [5.41, 5.74) is 7.91. The molecule has 1 heterocycles. The van der Waals surface area contributed by atoms with Crippen molar-refractivity contribution in [3.8, 4) is 5.75 Å². The van der Waals surface area contributed by atoms with Gasteiger partial charge in [0.1, 0.15) is 11.8 Å². The van der Waals surface area contributed by atoms with Gasteiger partial charge in [0.25, 0.3) is 0 Å². The maximum atomic E-state index is 10.7. The number of hydrogen-bond acceptors (Lipinski definition) is 4. The van der Waals surface area contributed by atoms with Crippen LogP contribution in [0, 0.1) is 0 Å². The standard InChI is InChI=1S/C11H13NO4/c12-9(11(14)15)3-7-8-5-16-4-6(8)1-2-10(7)13/h1-2,9,13H,3-5,12H2,(H,14,15).